The zero-order valence-corrected chi connectivity index (χ0v) is 15.1. The Kier molecular flexibility index (Phi) is 7.35. The first kappa shape index (κ1) is 18.9. The van der Waals surface area contributed by atoms with Crippen LogP contribution in [0.2, 0.25) is 0 Å². The minimum Gasteiger partial charge on any atom is -0.354 e. The molecule has 2 aromatic rings. The van der Waals surface area contributed by atoms with Crippen LogP contribution in [0.1, 0.15) is 11.1 Å². The summed E-state index contributed by atoms with van der Waals surface area (Å²) in [7, 11) is 0. The average Bonchev–Trinajstić information content (AvgIpc) is 2.58. The number of benzene rings is 2. The molecule has 0 spiro atoms. The van der Waals surface area contributed by atoms with Gasteiger partial charge in [-0.05, 0) is 35.4 Å². The summed E-state index contributed by atoms with van der Waals surface area (Å²) in [6.45, 7) is 0.622. The SMILES string of the molecule is O=C(/C=C/c1ccccc1Br)NCCNC(=O)Cc1cccc(F)c1. The molecule has 4 nitrogen and oxygen atoms in total. The first-order chi connectivity index (χ1) is 12.0. The monoisotopic (exact) mass is 404 g/mol. The van der Waals surface area contributed by atoms with E-state index in [1.807, 2.05) is 24.3 Å². The maximum atomic E-state index is 13.0. The summed E-state index contributed by atoms with van der Waals surface area (Å²) in [4.78, 5) is 23.5. The molecule has 0 atom stereocenters. The van der Waals surface area contributed by atoms with Gasteiger partial charge in [0.15, 0.2) is 0 Å². The van der Waals surface area contributed by atoms with E-state index in [9.17, 15) is 14.0 Å². The summed E-state index contributed by atoms with van der Waals surface area (Å²) in [5.74, 6) is -0.826. The molecule has 0 heterocycles. The molecule has 2 N–H and O–H groups in total. The molecule has 0 saturated carbocycles. The predicted molar refractivity (Wildman–Crippen MR) is 99.3 cm³/mol. The first-order valence-electron chi connectivity index (χ1n) is 7.76. The third-order valence-electron chi connectivity index (χ3n) is 3.32. The molecule has 0 saturated heterocycles. The second-order valence-electron chi connectivity index (χ2n) is 5.30. The van der Waals surface area contributed by atoms with Gasteiger partial charge in [-0.15, -0.1) is 0 Å². The summed E-state index contributed by atoms with van der Waals surface area (Å²) < 4.78 is 14.0. The lowest BCUT2D eigenvalue weighted by Crippen LogP contribution is -2.34. The highest BCUT2D eigenvalue weighted by Crippen LogP contribution is 2.16. The van der Waals surface area contributed by atoms with Crippen LogP contribution in [-0.2, 0) is 16.0 Å². The summed E-state index contributed by atoms with van der Waals surface area (Å²) in [6, 6.07) is 13.5. The predicted octanol–water partition coefficient (Wildman–Crippen LogP) is 3.08. The van der Waals surface area contributed by atoms with E-state index in [2.05, 4.69) is 26.6 Å². The molecule has 2 amide bonds. The lowest BCUT2D eigenvalue weighted by atomic mass is 10.1. The van der Waals surface area contributed by atoms with Gasteiger partial charge in [0.2, 0.25) is 11.8 Å². The van der Waals surface area contributed by atoms with Crippen molar-refractivity contribution < 1.29 is 14.0 Å². The van der Waals surface area contributed by atoms with Gasteiger partial charge >= 0.3 is 0 Å². The second kappa shape index (κ2) is 9.74. The summed E-state index contributed by atoms with van der Waals surface area (Å²) in [6.07, 6.45) is 3.25. The fraction of sp³-hybridized carbons (Fsp3) is 0.158. The number of halogens is 2. The van der Waals surface area contributed by atoms with Crippen LogP contribution in [0.15, 0.2) is 59.1 Å². The maximum Gasteiger partial charge on any atom is 0.244 e. The lowest BCUT2D eigenvalue weighted by Gasteiger charge is -2.06. The third kappa shape index (κ3) is 6.89. The Balaban J connectivity index is 1.67. The number of hydrogen-bond donors (Lipinski definition) is 2. The quantitative estimate of drug-likeness (QED) is 0.550. The van der Waals surface area contributed by atoms with Gasteiger partial charge in [0, 0.05) is 23.6 Å². The van der Waals surface area contributed by atoms with Crippen molar-refractivity contribution in [2.24, 2.45) is 0 Å². The van der Waals surface area contributed by atoms with Gasteiger partial charge in [-0.25, -0.2) is 4.39 Å². The van der Waals surface area contributed by atoms with E-state index < -0.39 is 0 Å². The Hall–Kier alpha value is -2.47. The van der Waals surface area contributed by atoms with E-state index in [1.165, 1.54) is 18.2 Å². The Bertz CT molecular complexity index is 778. The largest absolute Gasteiger partial charge is 0.354 e. The van der Waals surface area contributed by atoms with Crippen molar-refractivity contribution in [3.63, 3.8) is 0 Å². The van der Waals surface area contributed by atoms with E-state index in [0.29, 0.717) is 18.7 Å². The normalized spacial score (nSPS) is 10.6. The molecule has 0 unspecified atom stereocenters. The van der Waals surface area contributed by atoms with Crippen molar-refractivity contribution in [1.82, 2.24) is 10.6 Å². The molecule has 130 valence electrons. The fourth-order valence-corrected chi connectivity index (χ4v) is 2.53. The molecule has 0 radical (unpaired) electrons. The van der Waals surface area contributed by atoms with Gasteiger partial charge in [0.05, 0.1) is 6.42 Å². The van der Waals surface area contributed by atoms with Crippen molar-refractivity contribution >= 4 is 33.8 Å². The van der Waals surface area contributed by atoms with Crippen LogP contribution < -0.4 is 10.6 Å². The molecule has 0 aromatic heterocycles. The van der Waals surface area contributed by atoms with E-state index in [4.69, 9.17) is 0 Å². The standard InChI is InChI=1S/C19H18BrFN2O2/c20-17-7-2-1-5-15(17)8-9-18(24)22-10-11-23-19(25)13-14-4-3-6-16(21)12-14/h1-9,12H,10-11,13H2,(H,22,24)(H,23,25)/b9-8+. The number of hydrogen-bond acceptors (Lipinski definition) is 2. The topological polar surface area (TPSA) is 58.2 Å². The molecular weight excluding hydrogens is 387 g/mol. The van der Waals surface area contributed by atoms with E-state index >= 15 is 0 Å². The number of amides is 2. The highest BCUT2D eigenvalue weighted by Gasteiger charge is 2.04. The number of carbonyl (C=O) groups excluding carboxylic acids is 2. The van der Waals surface area contributed by atoms with E-state index in [0.717, 1.165) is 10.0 Å². The van der Waals surface area contributed by atoms with Crippen molar-refractivity contribution in [1.29, 1.82) is 0 Å². The van der Waals surface area contributed by atoms with Gasteiger partial charge < -0.3 is 10.6 Å². The van der Waals surface area contributed by atoms with Crippen molar-refractivity contribution in [3.8, 4) is 0 Å². The molecule has 6 heteroatoms. The van der Waals surface area contributed by atoms with Gasteiger partial charge in [-0.1, -0.05) is 46.3 Å². The zero-order chi connectivity index (χ0) is 18.1. The Morgan fingerprint density at radius 3 is 2.56 bits per heavy atom. The third-order valence-corrected chi connectivity index (χ3v) is 4.04. The van der Waals surface area contributed by atoms with Crippen molar-refractivity contribution in [3.05, 3.63) is 76.0 Å². The summed E-state index contributed by atoms with van der Waals surface area (Å²) in [5, 5.41) is 5.37. The van der Waals surface area contributed by atoms with Crippen LogP contribution in [0.3, 0.4) is 0 Å². The molecule has 0 aliphatic rings. The minimum atomic E-state index is -0.366. The Labute approximate surface area is 154 Å². The van der Waals surface area contributed by atoms with Crippen LogP contribution in [-0.4, -0.2) is 24.9 Å². The Morgan fingerprint density at radius 1 is 1.04 bits per heavy atom. The number of carbonyl (C=O) groups is 2. The van der Waals surface area contributed by atoms with E-state index in [-0.39, 0.29) is 24.1 Å². The molecule has 0 fully saturated rings. The van der Waals surface area contributed by atoms with Gasteiger partial charge in [0.25, 0.3) is 0 Å². The van der Waals surface area contributed by atoms with Gasteiger partial charge in [0.1, 0.15) is 5.82 Å². The molecule has 25 heavy (non-hydrogen) atoms. The fourth-order valence-electron chi connectivity index (χ4n) is 2.12. The molecule has 0 aliphatic carbocycles. The van der Waals surface area contributed by atoms with Gasteiger partial charge in [-0.3, -0.25) is 9.59 Å². The second-order valence-corrected chi connectivity index (χ2v) is 6.16. The number of rotatable bonds is 7. The van der Waals surface area contributed by atoms with E-state index in [1.54, 1.807) is 18.2 Å². The molecule has 2 rings (SSSR count). The lowest BCUT2D eigenvalue weighted by molar-refractivity contribution is -0.121. The molecule has 0 bridgehead atoms. The van der Waals surface area contributed by atoms with Crippen molar-refractivity contribution in [2.75, 3.05) is 13.1 Å². The molecule has 0 aliphatic heterocycles. The van der Waals surface area contributed by atoms with Gasteiger partial charge in [-0.2, -0.15) is 0 Å². The van der Waals surface area contributed by atoms with Crippen LogP contribution in [0.4, 0.5) is 4.39 Å². The smallest absolute Gasteiger partial charge is 0.244 e. The highest BCUT2D eigenvalue weighted by molar-refractivity contribution is 9.10. The molecule has 2 aromatic carbocycles. The minimum absolute atomic E-state index is 0.105. The van der Waals surface area contributed by atoms with Crippen molar-refractivity contribution in [2.45, 2.75) is 6.42 Å². The zero-order valence-electron chi connectivity index (χ0n) is 13.5. The van der Waals surface area contributed by atoms with Crippen LogP contribution in [0.25, 0.3) is 6.08 Å². The van der Waals surface area contributed by atoms with Crippen LogP contribution in [0.5, 0.6) is 0 Å². The highest BCUT2D eigenvalue weighted by atomic mass is 79.9. The average molecular weight is 405 g/mol. The summed E-state index contributed by atoms with van der Waals surface area (Å²) >= 11 is 3.40. The summed E-state index contributed by atoms with van der Waals surface area (Å²) in [5.41, 5.74) is 1.51. The maximum absolute atomic E-state index is 13.0. The van der Waals surface area contributed by atoms with Crippen LogP contribution in [0, 0.1) is 5.82 Å². The molecular formula is C19H18BrFN2O2. The number of nitrogens with one attached hydrogen (secondary N) is 2. The first-order valence-corrected chi connectivity index (χ1v) is 8.55. The van der Waals surface area contributed by atoms with Crippen LogP contribution >= 0.6 is 15.9 Å². The Morgan fingerprint density at radius 2 is 1.80 bits per heavy atom.